The van der Waals surface area contributed by atoms with E-state index in [1.54, 1.807) is 35.4 Å². The van der Waals surface area contributed by atoms with Gasteiger partial charge in [0.25, 0.3) is 5.91 Å². The number of carbonyl (C=O) groups is 3. The molecule has 1 saturated heterocycles. The fourth-order valence-electron chi connectivity index (χ4n) is 3.15. The van der Waals surface area contributed by atoms with Gasteiger partial charge in [0, 0.05) is 38.2 Å². The minimum atomic E-state index is -0.280. The van der Waals surface area contributed by atoms with Crippen LogP contribution in [0.2, 0.25) is 0 Å². The SMILES string of the molecule is O=C(NCCCC(=O)N1CCC(C(=O)Nc2ccccn2)CC1)c1ccco1. The average Bonchev–Trinajstić information content (AvgIpc) is 3.27. The van der Waals surface area contributed by atoms with E-state index >= 15 is 0 Å². The van der Waals surface area contributed by atoms with Crippen molar-refractivity contribution in [2.75, 3.05) is 25.0 Å². The van der Waals surface area contributed by atoms with Crippen molar-refractivity contribution in [1.82, 2.24) is 15.2 Å². The van der Waals surface area contributed by atoms with Gasteiger partial charge >= 0.3 is 0 Å². The van der Waals surface area contributed by atoms with E-state index in [4.69, 9.17) is 4.42 Å². The molecule has 0 saturated carbocycles. The van der Waals surface area contributed by atoms with Crippen LogP contribution < -0.4 is 10.6 Å². The number of pyridine rings is 1. The molecule has 3 rings (SSSR count). The summed E-state index contributed by atoms with van der Waals surface area (Å²) in [5.74, 6) is 0.415. The maximum absolute atomic E-state index is 12.3. The molecule has 0 bridgehead atoms. The Morgan fingerprint density at radius 3 is 2.64 bits per heavy atom. The van der Waals surface area contributed by atoms with Crippen LogP contribution in [0.25, 0.3) is 0 Å². The zero-order valence-corrected chi connectivity index (χ0v) is 15.6. The molecular formula is C20H24N4O4. The summed E-state index contributed by atoms with van der Waals surface area (Å²) >= 11 is 0. The van der Waals surface area contributed by atoms with E-state index in [2.05, 4.69) is 15.6 Å². The van der Waals surface area contributed by atoms with Crippen LogP contribution in [-0.4, -0.2) is 47.2 Å². The number of anilines is 1. The Labute approximate surface area is 163 Å². The molecule has 0 atom stereocenters. The maximum atomic E-state index is 12.3. The summed E-state index contributed by atoms with van der Waals surface area (Å²) in [6, 6.07) is 8.61. The van der Waals surface area contributed by atoms with Crippen LogP contribution in [0.15, 0.2) is 47.2 Å². The number of piperidine rings is 1. The molecule has 1 aliphatic heterocycles. The molecule has 0 spiro atoms. The number of hydrogen-bond acceptors (Lipinski definition) is 5. The molecular weight excluding hydrogens is 360 g/mol. The van der Waals surface area contributed by atoms with E-state index in [0.29, 0.717) is 51.1 Å². The molecule has 0 aliphatic carbocycles. The Hall–Kier alpha value is -3.16. The highest BCUT2D eigenvalue weighted by molar-refractivity contribution is 5.92. The quantitative estimate of drug-likeness (QED) is 0.711. The van der Waals surface area contributed by atoms with Crippen molar-refractivity contribution in [1.29, 1.82) is 0 Å². The van der Waals surface area contributed by atoms with Crippen molar-refractivity contribution in [2.24, 2.45) is 5.92 Å². The molecule has 1 fully saturated rings. The van der Waals surface area contributed by atoms with Gasteiger partial charge in [-0.15, -0.1) is 0 Å². The van der Waals surface area contributed by atoms with Crippen LogP contribution in [0.5, 0.6) is 0 Å². The number of likely N-dealkylation sites (tertiary alicyclic amines) is 1. The van der Waals surface area contributed by atoms with Crippen LogP contribution >= 0.6 is 0 Å². The number of hydrogen-bond donors (Lipinski definition) is 2. The Morgan fingerprint density at radius 2 is 1.96 bits per heavy atom. The van der Waals surface area contributed by atoms with Gasteiger partial charge in [-0.25, -0.2) is 4.98 Å². The molecule has 0 radical (unpaired) electrons. The van der Waals surface area contributed by atoms with Gasteiger partial charge in [0.15, 0.2) is 5.76 Å². The minimum Gasteiger partial charge on any atom is -0.459 e. The second kappa shape index (κ2) is 9.68. The topological polar surface area (TPSA) is 105 Å². The summed E-state index contributed by atoms with van der Waals surface area (Å²) in [6.45, 7) is 1.55. The van der Waals surface area contributed by atoms with Gasteiger partial charge < -0.3 is 20.0 Å². The first-order valence-electron chi connectivity index (χ1n) is 9.45. The van der Waals surface area contributed by atoms with Crippen LogP contribution in [0, 0.1) is 5.92 Å². The summed E-state index contributed by atoms with van der Waals surface area (Å²) in [5, 5.41) is 5.54. The second-order valence-electron chi connectivity index (χ2n) is 6.70. The average molecular weight is 384 g/mol. The predicted molar refractivity (Wildman–Crippen MR) is 102 cm³/mol. The van der Waals surface area contributed by atoms with Gasteiger partial charge in [-0.05, 0) is 43.5 Å². The van der Waals surface area contributed by atoms with Crippen molar-refractivity contribution < 1.29 is 18.8 Å². The van der Waals surface area contributed by atoms with Crippen LogP contribution in [0.1, 0.15) is 36.2 Å². The van der Waals surface area contributed by atoms with Gasteiger partial charge in [-0.2, -0.15) is 0 Å². The molecule has 148 valence electrons. The fraction of sp³-hybridized carbons (Fsp3) is 0.400. The molecule has 2 aromatic heterocycles. The van der Waals surface area contributed by atoms with E-state index < -0.39 is 0 Å². The monoisotopic (exact) mass is 384 g/mol. The molecule has 3 amide bonds. The summed E-state index contributed by atoms with van der Waals surface area (Å²) in [6.07, 6.45) is 5.28. The summed E-state index contributed by atoms with van der Waals surface area (Å²) in [5.41, 5.74) is 0. The Bertz CT molecular complexity index is 784. The van der Waals surface area contributed by atoms with Crippen molar-refractivity contribution >= 4 is 23.5 Å². The summed E-state index contributed by atoms with van der Waals surface area (Å²) in [7, 11) is 0. The number of nitrogens with one attached hydrogen (secondary N) is 2. The van der Waals surface area contributed by atoms with E-state index in [1.807, 2.05) is 6.07 Å². The number of carbonyl (C=O) groups excluding carboxylic acids is 3. The van der Waals surface area contributed by atoms with Gasteiger partial charge in [-0.3, -0.25) is 14.4 Å². The van der Waals surface area contributed by atoms with E-state index in [0.717, 1.165) is 0 Å². The molecule has 2 N–H and O–H groups in total. The summed E-state index contributed by atoms with van der Waals surface area (Å²) in [4.78, 5) is 42.3. The van der Waals surface area contributed by atoms with Gasteiger partial charge in [0.2, 0.25) is 11.8 Å². The van der Waals surface area contributed by atoms with Gasteiger partial charge in [-0.1, -0.05) is 6.07 Å². The molecule has 28 heavy (non-hydrogen) atoms. The zero-order valence-electron chi connectivity index (χ0n) is 15.6. The Balaban J connectivity index is 1.33. The third-order valence-electron chi connectivity index (χ3n) is 4.73. The molecule has 8 nitrogen and oxygen atoms in total. The van der Waals surface area contributed by atoms with Crippen molar-refractivity contribution in [2.45, 2.75) is 25.7 Å². The smallest absolute Gasteiger partial charge is 0.286 e. The molecule has 1 aliphatic rings. The minimum absolute atomic E-state index is 0.0496. The van der Waals surface area contributed by atoms with Gasteiger partial charge in [0.05, 0.1) is 6.26 Å². The second-order valence-corrected chi connectivity index (χ2v) is 6.70. The highest BCUT2D eigenvalue weighted by Crippen LogP contribution is 2.19. The zero-order chi connectivity index (χ0) is 19.8. The van der Waals surface area contributed by atoms with Crippen molar-refractivity contribution in [3.8, 4) is 0 Å². The Kier molecular flexibility index (Phi) is 6.78. The lowest BCUT2D eigenvalue weighted by Crippen LogP contribution is -2.41. The molecule has 0 unspecified atom stereocenters. The number of rotatable bonds is 7. The normalized spacial score (nSPS) is 14.5. The Morgan fingerprint density at radius 1 is 1.14 bits per heavy atom. The molecule has 8 heteroatoms. The lowest BCUT2D eigenvalue weighted by atomic mass is 9.95. The molecule has 3 heterocycles. The highest BCUT2D eigenvalue weighted by atomic mass is 16.3. The third kappa shape index (κ3) is 5.42. The molecule has 2 aromatic rings. The first kappa shape index (κ1) is 19.6. The van der Waals surface area contributed by atoms with E-state index in [-0.39, 0.29) is 29.4 Å². The number of aromatic nitrogens is 1. The van der Waals surface area contributed by atoms with E-state index in [1.165, 1.54) is 6.26 Å². The lowest BCUT2D eigenvalue weighted by Gasteiger charge is -2.31. The highest BCUT2D eigenvalue weighted by Gasteiger charge is 2.27. The maximum Gasteiger partial charge on any atom is 0.286 e. The largest absolute Gasteiger partial charge is 0.459 e. The predicted octanol–water partition coefficient (Wildman–Crippen LogP) is 2.06. The first-order valence-corrected chi connectivity index (χ1v) is 9.45. The first-order chi connectivity index (χ1) is 13.6. The number of amides is 3. The third-order valence-corrected chi connectivity index (χ3v) is 4.73. The standard InChI is InChI=1S/C20H24N4O4/c25-18(7-3-11-22-20(27)16-5-4-14-28-16)24-12-8-15(9-13-24)19(26)23-17-6-1-2-10-21-17/h1-2,4-6,10,14-15H,3,7-9,11-13H2,(H,22,27)(H,21,23,26). The molecule has 0 aromatic carbocycles. The number of furan rings is 1. The van der Waals surface area contributed by atoms with Crippen LogP contribution in [0.3, 0.4) is 0 Å². The van der Waals surface area contributed by atoms with Crippen molar-refractivity contribution in [3.63, 3.8) is 0 Å². The lowest BCUT2D eigenvalue weighted by molar-refractivity contribution is -0.134. The van der Waals surface area contributed by atoms with Crippen molar-refractivity contribution in [3.05, 3.63) is 48.6 Å². The van der Waals surface area contributed by atoms with Crippen LogP contribution in [-0.2, 0) is 9.59 Å². The number of nitrogens with zero attached hydrogens (tertiary/aromatic N) is 2. The van der Waals surface area contributed by atoms with Gasteiger partial charge in [0.1, 0.15) is 5.82 Å². The fourth-order valence-corrected chi connectivity index (χ4v) is 3.15. The van der Waals surface area contributed by atoms with Crippen LogP contribution in [0.4, 0.5) is 5.82 Å². The summed E-state index contributed by atoms with van der Waals surface area (Å²) < 4.78 is 5.01. The van der Waals surface area contributed by atoms with E-state index in [9.17, 15) is 14.4 Å².